The minimum atomic E-state index is -2.57. The number of Topliss-reactive ketones (excluding diaryl/α,β-unsaturated/α-hetero) is 4. The minimum absolute atomic E-state index is 0.0488. The molecule has 6 aliphatic rings. The SMILES string of the molecule is CCCC(CC(=O)[C@@H]1C[C@@]2(CN1C(=O)[C@@H](CC(=O)[C@@H](NC(=O)[C@@H]1CCCCN1CC(F)F)C1CCCCC1)C(C)(C)C)C(C)(C)C21CCC1)C(=O)C(=O)CC1CC1. The van der Waals surface area contributed by atoms with Crippen molar-refractivity contribution in [2.24, 2.45) is 45.3 Å². The second-order valence-corrected chi connectivity index (χ2v) is 20.8. The van der Waals surface area contributed by atoms with Crippen LogP contribution < -0.4 is 5.32 Å². The van der Waals surface area contributed by atoms with Gasteiger partial charge >= 0.3 is 0 Å². The highest BCUT2D eigenvalue weighted by molar-refractivity contribution is 6.38. The third-order valence-electron chi connectivity index (χ3n) is 16.2. The van der Waals surface area contributed by atoms with Gasteiger partial charge in [0.15, 0.2) is 17.3 Å². The number of likely N-dealkylation sites (tertiary alicyclic amines) is 2. The molecule has 2 aliphatic heterocycles. The van der Waals surface area contributed by atoms with E-state index >= 15 is 4.79 Å². The van der Waals surface area contributed by atoms with Crippen LogP contribution in [0.3, 0.4) is 0 Å². The fraction of sp³-hybridized carbons (Fsp3) is 0.870. The molecule has 0 radical (unpaired) electrons. The van der Waals surface area contributed by atoms with Gasteiger partial charge in [0.05, 0.1) is 24.7 Å². The molecule has 0 aromatic rings. The van der Waals surface area contributed by atoms with Crippen molar-refractivity contribution in [3.63, 3.8) is 0 Å². The number of carbonyl (C=O) groups excluding carboxylic acids is 6. The van der Waals surface area contributed by atoms with Crippen molar-refractivity contribution in [2.45, 2.75) is 188 Å². The molecule has 0 aromatic heterocycles. The van der Waals surface area contributed by atoms with Crippen LogP contribution >= 0.6 is 0 Å². The maximum Gasteiger partial charge on any atom is 0.251 e. The van der Waals surface area contributed by atoms with Gasteiger partial charge in [0.1, 0.15) is 0 Å². The highest BCUT2D eigenvalue weighted by Gasteiger charge is 2.85. The van der Waals surface area contributed by atoms with Gasteiger partial charge in [-0.2, -0.15) is 0 Å². The number of nitrogens with one attached hydrogen (secondary N) is 1. The molecule has 2 amide bonds. The number of rotatable bonds is 18. The molecule has 6 atom stereocenters. The summed E-state index contributed by atoms with van der Waals surface area (Å²) in [5.41, 5.74) is -0.939. The second-order valence-electron chi connectivity index (χ2n) is 20.8. The molecular weight excluding hydrogens is 729 g/mol. The van der Waals surface area contributed by atoms with Crippen LogP contribution in [-0.2, 0) is 28.8 Å². The van der Waals surface area contributed by atoms with Crippen LogP contribution in [0.2, 0.25) is 0 Å². The van der Waals surface area contributed by atoms with E-state index in [0.29, 0.717) is 38.8 Å². The summed E-state index contributed by atoms with van der Waals surface area (Å²) in [5, 5.41) is 3.07. The molecule has 1 N–H and O–H groups in total. The minimum Gasteiger partial charge on any atom is -0.345 e. The number of hydrogen-bond acceptors (Lipinski definition) is 7. The van der Waals surface area contributed by atoms with Crippen molar-refractivity contribution in [2.75, 3.05) is 19.6 Å². The van der Waals surface area contributed by atoms with E-state index in [1.165, 1.54) is 0 Å². The molecule has 1 unspecified atom stereocenters. The van der Waals surface area contributed by atoms with Crippen LogP contribution in [0.1, 0.15) is 164 Å². The Morgan fingerprint density at radius 1 is 0.825 bits per heavy atom. The number of amides is 2. The molecule has 57 heavy (non-hydrogen) atoms. The van der Waals surface area contributed by atoms with Crippen LogP contribution in [0.4, 0.5) is 8.78 Å². The van der Waals surface area contributed by atoms with E-state index in [1.807, 2.05) is 27.7 Å². The first kappa shape index (κ1) is 44.0. The van der Waals surface area contributed by atoms with E-state index in [1.54, 1.807) is 9.80 Å². The smallest absolute Gasteiger partial charge is 0.251 e. The lowest BCUT2D eigenvalue weighted by Gasteiger charge is -2.38. The summed E-state index contributed by atoms with van der Waals surface area (Å²) < 4.78 is 27.1. The van der Waals surface area contributed by atoms with Crippen molar-refractivity contribution in [1.29, 1.82) is 0 Å². The Morgan fingerprint density at radius 3 is 2.05 bits per heavy atom. The monoisotopic (exact) mass is 800 g/mol. The number of piperidine rings is 1. The maximum absolute atomic E-state index is 15.2. The number of fused-ring (bicyclic) bond motifs is 1. The van der Waals surface area contributed by atoms with Gasteiger partial charge in [-0.05, 0) is 98.8 Å². The van der Waals surface area contributed by atoms with Crippen molar-refractivity contribution >= 4 is 34.9 Å². The van der Waals surface area contributed by atoms with Crippen molar-refractivity contribution in [1.82, 2.24) is 15.1 Å². The summed E-state index contributed by atoms with van der Waals surface area (Å²) in [4.78, 5) is 88.2. The van der Waals surface area contributed by atoms with Crippen molar-refractivity contribution < 1.29 is 37.5 Å². The van der Waals surface area contributed by atoms with Crippen LogP contribution in [0.5, 0.6) is 0 Å². The molecule has 6 fully saturated rings. The molecule has 320 valence electrons. The Morgan fingerprint density at radius 2 is 1.49 bits per heavy atom. The average Bonchev–Trinajstić information content (AvgIpc) is 3.96. The normalized spacial score (nSPS) is 28.8. The Balaban J connectivity index is 1.25. The standard InChI is InChI=1S/C46H71F2N3O6/c1-7-14-31(40(55)37(54)23-29-18-19-29)24-35(52)34-26-46(44(5,6)45(46)20-13-21-45)28-51(34)42(57)32(43(2,3)4)25-36(53)39(30-15-9-8-10-16-30)49-41(56)33-17-11-12-22-50(33)27-38(47)48/h29-34,38-39H,7-28H2,1-6H3,(H,49,56)/t31?,32-,33+,34+,39+,46-/m1/s1. The van der Waals surface area contributed by atoms with Gasteiger partial charge in [-0.1, -0.05) is 80.1 Å². The highest BCUT2D eigenvalue weighted by atomic mass is 19.3. The average molecular weight is 800 g/mol. The number of carbonyl (C=O) groups is 6. The number of alkyl halides is 2. The molecule has 4 aliphatic carbocycles. The van der Waals surface area contributed by atoms with E-state index in [2.05, 4.69) is 19.2 Å². The van der Waals surface area contributed by atoms with Gasteiger partial charge < -0.3 is 10.2 Å². The van der Waals surface area contributed by atoms with Gasteiger partial charge in [0.2, 0.25) is 17.6 Å². The van der Waals surface area contributed by atoms with Crippen LogP contribution in [0.25, 0.3) is 0 Å². The molecule has 11 heteroatoms. The first-order chi connectivity index (χ1) is 26.9. The first-order valence-corrected chi connectivity index (χ1v) is 22.6. The highest BCUT2D eigenvalue weighted by Crippen LogP contribution is 2.88. The number of hydrogen-bond donors (Lipinski definition) is 1. The van der Waals surface area contributed by atoms with E-state index in [-0.39, 0.29) is 70.6 Å². The van der Waals surface area contributed by atoms with Gasteiger partial charge in [-0.3, -0.25) is 33.7 Å². The first-order valence-electron chi connectivity index (χ1n) is 22.6. The third-order valence-corrected chi connectivity index (χ3v) is 16.2. The fourth-order valence-corrected chi connectivity index (χ4v) is 12.2. The second kappa shape index (κ2) is 17.2. The maximum atomic E-state index is 15.2. The molecule has 0 bridgehead atoms. The molecule has 4 saturated carbocycles. The zero-order valence-corrected chi connectivity index (χ0v) is 35.8. The van der Waals surface area contributed by atoms with Gasteiger partial charge in [-0.25, -0.2) is 8.78 Å². The van der Waals surface area contributed by atoms with E-state index < -0.39 is 60.0 Å². The molecular formula is C46H71F2N3O6. The summed E-state index contributed by atoms with van der Waals surface area (Å²) in [5.74, 6) is -3.18. The van der Waals surface area contributed by atoms with E-state index in [0.717, 1.165) is 77.0 Å². The Bertz CT molecular complexity index is 1540. The van der Waals surface area contributed by atoms with E-state index in [9.17, 15) is 32.8 Å². The van der Waals surface area contributed by atoms with Gasteiger partial charge in [0.25, 0.3) is 6.43 Å². The van der Waals surface area contributed by atoms with Crippen LogP contribution in [-0.4, -0.2) is 88.9 Å². The Labute approximate surface area is 339 Å². The number of ketones is 4. The van der Waals surface area contributed by atoms with Crippen molar-refractivity contribution in [3.05, 3.63) is 0 Å². The lowest BCUT2D eigenvalue weighted by atomic mass is 9.73. The Hall–Kier alpha value is -2.56. The molecule has 9 nitrogen and oxygen atoms in total. The predicted octanol–water partition coefficient (Wildman–Crippen LogP) is 7.90. The zero-order chi connectivity index (χ0) is 41.5. The summed E-state index contributed by atoms with van der Waals surface area (Å²) in [6.07, 6.45) is 10.6. The van der Waals surface area contributed by atoms with Crippen LogP contribution in [0.15, 0.2) is 0 Å². The summed E-state index contributed by atoms with van der Waals surface area (Å²) in [7, 11) is 0. The van der Waals surface area contributed by atoms with Gasteiger partial charge in [-0.15, -0.1) is 0 Å². The largest absolute Gasteiger partial charge is 0.345 e. The van der Waals surface area contributed by atoms with Crippen LogP contribution in [0, 0.1) is 45.3 Å². The molecule has 2 spiro atoms. The summed E-state index contributed by atoms with van der Waals surface area (Å²) in [6.45, 7) is 12.7. The quantitative estimate of drug-likeness (QED) is 0.140. The zero-order valence-electron chi connectivity index (χ0n) is 35.8. The topological polar surface area (TPSA) is 121 Å². The lowest BCUT2D eigenvalue weighted by Crippen LogP contribution is -2.56. The molecule has 0 aromatic carbocycles. The van der Waals surface area contributed by atoms with Gasteiger partial charge in [0, 0.05) is 43.1 Å². The fourth-order valence-electron chi connectivity index (χ4n) is 12.2. The summed E-state index contributed by atoms with van der Waals surface area (Å²) >= 11 is 0. The molecule has 2 saturated heterocycles. The predicted molar refractivity (Wildman–Crippen MR) is 214 cm³/mol. The lowest BCUT2D eigenvalue weighted by molar-refractivity contribution is -0.147. The molecule has 6 rings (SSSR count). The number of nitrogens with zero attached hydrogens (tertiary/aromatic N) is 2. The van der Waals surface area contributed by atoms with E-state index in [4.69, 9.17) is 0 Å². The summed E-state index contributed by atoms with van der Waals surface area (Å²) in [6, 6.07) is -2.31. The Kier molecular flexibility index (Phi) is 13.3. The third kappa shape index (κ3) is 8.71. The number of halogens is 2. The molecule has 2 heterocycles. The van der Waals surface area contributed by atoms with Crippen molar-refractivity contribution in [3.8, 4) is 0 Å².